The first-order valence-electron chi connectivity index (χ1n) is 5.09. The quantitative estimate of drug-likeness (QED) is 0.744. The predicted octanol–water partition coefficient (Wildman–Crippen LogP) is 1.42. The average Bonchev–Trinajstić information content (AvgIpc) is 2.61. The van der Waals surface area contributed by atoms with Crippen LogP contribution in [0.1, 0.15) is 11.1 Å². The molecule has 17 heavy (non-hydrogen) atoms. The summed E-state index contributed by atoms with van der Waals surface area (Å²) in [5.41, 5.74) is 2.01. The molecule has 3 N–H and O–H groups in total. The lowest BCUT2D eigenvalue weighted by atomic mass is 10.0. The number of fused-ring (bicyclic) bond motifs is 1. The Kier molecular flexibility index (Phi) is 2.82. The Morgan fingerprint density at radius 3 is 2.35 bits per heavy atom. The molecule has 0 saturated carbocycles. The minimum atomic E-state index is -0.934. The molecule has 0 spiro atoms. The summed E-state index contributed by atoms with van der Waals surface area (Å²) in [7, 11) is 0. The normalized spacial score (nSPS) is 10.6. The molecule has 0 unspecified atom stereocenters. The van der Waals surface area contributed by atoms with Crippen LogP contribution in [0.3, 0.4) is 0 Å². The van der Waals surface area contributed by atoms with E-state index in [9.17, 15) is 9.59 Å². The van der Waals surface area contributed by atoms with Gasteiger partial charge in [0.1, 0.15) is 0 Å². The number of hydrogen-bond acceptors (Lipinski definition) is 2. The van der Waals surface area contributed by atoms with E-state index in [1.54, 1.807) is 24.4 Å². The van der Waals surface area contributed by atoms with Crippen molar-refractivity contribution >= 4 is 22.8 Å². The molecule has 0 aliphatic heterocycles. The monoisotopic (exact) mass is 233 g/mol. The molecule has 5 nitrogen and oxygen atoms in total. The molecule has 0 radical (unpaired) electrons. The van der Waals surface area contributed by atoms with Crippen LogP contribution in [0.2, 0.25) is 0 Å². The van der Waals surface area contributed by atoms with Gasteiger partial charge in [0, 0.05) is 17.1 Å². The first kappa shape index (κ1) is 11.2. The van der Waals surface area contributed by atoms with Gasteiger partial charge in [-0.2, -0.15) is 0 Å². The van der Waals surface area contributed by atoms with E-state index in [2.05, 4.69) is 4.98 Å². The number of hydrogen-bond donors (Lipinski definition) is 3. The van der Waals surface area contributed by atoms with Crippen LogP contribution in [0.4, 0.5) is 0 Å². The maximum atomic E-state index is 10.7. The van der Waals surface area contributed by atoms with Crippen molar-refractivity contribution in [2.75, 3.05) is 0 Å². The lowest BCUT2D eigenvalue weighted by molar-refractivity contribution is -0.137. The van der Waals surface area contributed by atoms with Gasteiger partial charge < -0.3 is 15.2 Å². The van der Waals surface area contributed by atoms with Crippen LogP contribution >= 0.6 is 0 Å². The number of aromatic amines is 1. The van der Waals surface area contributed by atoms with Crippen LogP contribution in [0.15, 0.2) is 24.4 Å². The number of H-pyrrole nitrogens is 1. The molecule has 0 amide bonds. The zero-order valence-electron chi connectivity index (χ0n) is 8.93. The van der Waals surface area contributed by atoms with Gasteiger partial charge in [0.25, 0.3) is 0 Å². The lowest BCUT2D eigenvalue weighted by Gasteiger charge is -2.02. The third kappa shape index (κ3) is 2.28. The Morgan fingerprint density at radius 1 is 1.06 bits per heavy atom. The first-order chi connectivity index (χ1) is 8.08. The van der Waals surface area contributed by atoms with E-state index >= 15 is 0 Å². The van der Waals surface area contributed by atoms with E-state index in [4.69, 9.17) is 10.2 Å². The van der Waals surface area contributed by atoms with E-state index in [1.165, 1.54) is 0 Å². The van der Waals surface area contributed by atoms with Gasteiger partial charge in [0.05, 0.1) is 12.8 Å². The molecular formula is C12H11NO4. The van der Waals surface area contributed by atoms with Crippen molar-refractivity contribution in [3.8, 4) is 0 Å². The van der Waals surface area contributed by atoms with E-state index in [1.807, 2.05) is 0 Å². The summed E-state index contributed by atoms with van der Waals surface area (Å²) in [6.45, 7) is 0. The lowest BCUT2D eigenvalue weighted by Crippen LogP contribution is -2.03. The number of benzene rings is 1. The number of nitrogens with one attached hydrogen (secondary N) is 1. The van der Waals surface area contributed by atoms with Crippen molar-refractivity contribution in [2.45, 2.75) is 12.8 Å². The van der Waals surface area contributed by atoms with Crippen molar-refractivity contribution in [3.63, 3.8) is 0 Å². The van der Waals surface area contributed by atoms with Gasteiger partial charge in [-0.05, 0) is 17.2 Å². The summed E-state index contributed by atoms with van der Waals surface area (Å²) in [4.78, 5) is 24.4. The Morgan fingerprint density at radius 2 is 1.71 bits per heavy atom. The van der Waals surface area contributed by atoms with Crippen LogP contribution < -0.4 is 0 Å². The van der Waals surface area contributed by atoms with Crippen LogP contribution in [0, 0.1) is 0 Å². The van der Waals surface area contributed by atoms with Gasteiger partial charge in [-0.1, -0.05) is 12.1 Å². The summed E-state index contributed by atoms with van der Waals surface area (Å²) in [5, 5.41) is 18.3. The minimum Gasteiger partial charge on any atom is -0.481 e. The zero-order valence-corrected chi connectivity index (χ0v) is 8.93. The molecule has 0 bridgehead atoms. The second-order valence-corrected chi connectivity index (χ2v) is 3.79. The van der Waals surface area contributed by atoms with Gasteiger partial charge in [0.15, 0.2) is 0 Å². The molecule has 5 heteroatoms. The average molecular weight is 233 g/mol. The molecule has 1 heterocycles. The highest BCUT2D eigenvalue weighted by Crippen LogP contribution is 2.23. The highest BCUT2D eigenvalue weighted by Gasteiger charge is 2.12. The Bertz CT molecular complexity index is 585. The highest BCUT2D eigenvalue weighted by atomic mass is 16.4. The fourth-order valence-corrected chi connectivity index (χ4v) is 1.95. The van der Waals surface area contributed by atoms with Crippen molar-refractivity contribution in [3.05, 3.63) is 35.5 Å². The Hall–Kier alpha value is -2.30. The topological polar surface area (TPSA) is 90.4 Å². The largest absolute Gasteiger partial charge is 0.481 e. The third-order valence-corrected chi connectivity index (χ3v) is 2.56. The van der Waals surface area contributed by atoms with Crippen LogP contribution in [0.5, 0.6) is 0 Å². The van der Waals surface area contributed by atoms with Gasteiger partial charge in [-0.15, -0.1) is 0 Å². The standard InChI is InChI=1S/C12H11NO4/c14-10(15)4-7-2-1-3-9-12(7)8(6-13-9)5-11(16)17/h1-3,6,13H,4-5H2,(H,14,15)(H,16,17). The number of aromatic nitrogens is 1. The van der Waals surface area contributed by atoms with Gasteiger partial charge >= 0.3 is 11.9 Å². The number of rotatable bonds is 4. The molecule has 0 saturated heterocycles. The molecular weight excluding hydrogens is 222 g/mol. The smallest absolute Gasteiger partial charge is 0.307 e. The molecule has 1 aromatic carbocycles. The number of carboxylic acids is 2. The first-order valence-corrected chi connectivity index (χ1v) is 5.09. The van der Waals surface area contributed by atoms with Crippen molar-refractivity contribution in [2.24, 2.45) is 0 Å². The summed E-state index contributed by atoms with van der Waals surface area (Å²) in [5.74, 6) is -1.86. The highest BCUT2D eigenvalue weighted by molar-refractivity contribution is 5.91. The molecule has 0 fully saturated rings. The van der Waals surface area contributed by atoms with Crippen molar-refractivity contribution in [1.82, 2.24) is 4.98 Å². The maximum absolute atomic E-state index is 10.7. The fraction of sp³-hybridized carbons (Fsp3) is 0.167. The number of aliphatic carboxylic acids is 2. The fourth-order valence-electron chi connectivity index (χ4n) is 1.95. The summed E-state index contributed by atoms with van der Waals surface area (Å²) in [6.07, 6.45) is 1.39. The van der Waals surface area contributed by atoms with E-state index < -0.39 is 11.9 Å². The summed E-state index contributed by atoms with van der Waals surface area (Å²) in [6, 6.07) is 5.25. The number of carboxylic acid groups (broad SMARTS) is 2. The molecule has 2 rings (SSSR count). The molecule has 88 valence electrons. The van der Waals surface area contributed by atoms with E-state index in [-0.39, 0.29) is 12.8 Å². The van der Waals surface area contributed by atoms with E-state index in [0.717, 1.165) is 5.52 Å². The van der Waals surface area contributed by atoms with Crippen LogP contribution in [0.25, 0.3) is 10.9 Å². The van der Waals surface area contributed by atoms with Crippen LogP contribution in [-0.4, -0.2) is 27.1 Å². The van der Waals surface area contributed by atoms with Crippen molar-refractivity contribution < 1.29 is 19.8 Å². The maximum Gasteiger partial charge on any atom is 0.307 e. The predicted molar refractivity (Wildman–Crippen MR) is 61.0 cm³/mol. The third-order valence-electron chi connectivity index (χ3n) is 2.56. The minimum absolute atomic E-state index is 0.109. The van der Waals surface area contributed by atoms with Crippen LogP contribution in [-0.2, 0) is 22.4 Å². The van der Waals surface area contributed by atoms with Gasteiger partial charge in [0.2, 0.25) is 0 Å². The van der Waals surface area contributed by atoms with Gasteiger partial charge in [-0.3, -0.25) is 9.59 Å². The molecule has 0 atom stereocenters. The second-order valence-electron chi connectivity index (χ2n) is 3.79. The van der Waals surface area contributed by atoms with Gasteiger partial charge in [-0.25, -0.2) is 0 Å². The van der Waals surface area contributed by atoms with Crippen molar-refractivity contribution in [1.29, 1.82) is 0 Å². The zero-order chi connectivity index (χ0) is 12.4. The SMILES string of the molecule is O=C(O)Cc1cccc2[nH]cc(CC(=O)O)c12. The molecule has 1 aromatic heterocycles. The Balaban J connectivity index is 2.54. The van der Waals surface area contributed by atoms with E-state index in [0.29, 0.717) is 16.5 Å². The second kappa shape index (κ2) is 4.29. The summed E-state index contributed by atoms with van der Waals surface area (Å²) < 4.78 is 0. The molecule has 0 aliphatic rings. The number of carbonyl (C=O) groups is 2. The molecule has 2 aromatic rings. The molecule has 0 aliphatic carbocycles. The summed E-state index contributed by atoms with van der Waals surface area (Å²) >= 11 is 0. The Labute approximate surface area is 96.7 Å².